The van der Waals surface area contributed by atoms with Gasteiger partial charge in [0, 0.05) is 11.4 Å². The van der Waals surface area contributed by atoms with E-state index in [-0.39, 0.29) is 6.10 Å². The zero-order valence-electron chi connectivity index (χ0n) is 11.3. The number of hydrogen-bond acceptors (Lipinski definition) is 5. The summed E-state index contributed by atoms with van der Waals surface area (Å²) < 4.78 is 5.78. The van der Waals surface area contributed by atoms with Gasteiger partial charge in [0.1, 0.15) is 4.83 Å². The summed E-state index contributed by atoms with van der Waals surface area (Å²) in [5.41, 5.74) is 0. The highest BCUT2D eigenvalue weighted by molar-refractivity contribution is 7.18. The fourth-order valence-electron chi connectivity index (χ4n) is 1.64. The smallest absolute Gasteiger partial charge is 0.227 e. The Bertz CT molecular complexity index is 536. The van der Waals surface area contributed by atoms with E-state index in [9.17, 15) is 0 Å². The zero-order valence-corrected chi connectivity index (χ0v) is 12.1. The summed E-state index contributed by atoms with van der Waals surface area (Å²) in [4.78, 5) is 11.2. The van der Waals surface area contributed by atoms with E-state index in [1.807, 2.05) is 13.8 Å². The van der Waals surface area contributed by atoms with Crippen LogP contribution in [0, 0.1) is 6.92 Å². The van der Waals surface area contributed by atoms with Gasteiger partial charge >= 0.3 is 0 Å². The maximum Gasteiger partial charge on any atom is 0.227 e. The number of nitrogens with zero attached hydrogens (tertiary/aromatic N) is 2. The summed E-state index contributed by atoms with van der Waals surface area (Å²) in [6, 6.07) is 2.08. The van der Waals surface area contributed by atoms with Crippen molar-refractivity contribution in [3.05, 3.63) is 10.9 Å². The summed E-state index contributed by atoms with van der Waals surface area (Å²) >= 11 is 1.67. The monoisotopic (exact) mass is 265 g/mol. The van der Waals surface area contributed by atoms with Gasteiger partial charge in [0.2, 0.25) is 11.8 Å². The second-order valence-corrected chi connectivity index (χ2v) is 5.76. The lowest BCUT2D eigenvalue weighted by Gasteiger charge is -2.11. The molecule has 18 heavy (non-hydrogen) atoms. The van der Waals surface area contributed by atoms with Crippen molar-refractivity contribution in [3.63, 3.8) is 0 Å². The minimum atomic E-state index is 0.113. The number of hydrogen-bond donors (Lipinski definition) is 1. The molecule has 4 nitrogen and oxygen atoms in total. The third-order valence-electron chi connectivity index (χ3n) is 2.36. The number of nitrogens with one attached hydrogen (secondary N) is 1. The van der Waals surface area contributed by atoms with Crippen molar-refractivity contribution in [2.45, 2.75) is 40.2 Å². The zero-order chi connectivity index (χ0) is 13.1. The molecule has 0 atom stereocenters. The van der Waals surface area contributed by atoms with Crippen LogP contribution in [0.5, 0.6) is 5.88 Å². The van der Waals surface area contributed by atoms with Crippen LogP contribution in [-0.4, -0.2) is 22.6 Å². The van der Waals surface area contributed by atoms with Gasteiger partial charge in [-0.1, -0.05) is 6.92 Å². The summed E-state index contributed by atoms with van der Waals surface area (Å²) in [7, 11) is 0. The van der Waals surface area contributed by atoms with E-state index in [0.29, 0.717) is 11.8 Å². The van der Waals surface area contributed by atoms with Gasteiger partial charge in [0.25, 0.3) is 0 Å². The minimum absolute atomic E-state index is 0.113. The quantitative estimate of drug-likeness (QED) is 0.897. The molecule has 0 saturated heterocycles. The highest BCUT2D eigenvalue weighted by Crippen LogP contribution is 2.31. The fraction of sp³-hybridized carbons (Fsp3) is 0.538. The number of aryl methyl sites for hydroxylation is 1. The molecule has 5 heteroatoms. The standard InChI is InChI=1S/C13H19N3OS/c1-5-6-14-13-15-11(17-8(2)3)10-7-9(4)18-12(10)16-13/h7-8H,5-6H2,1-4H3,(H,14,15,16). The van der Waals surface area contributed by atoms with Crippen LogP contribution in [0.15, 0.2) is 6.07 Å². The molecule has 1 N–H and O–H groups in total. The van der Waals surface area contributed by atoms with Crippen molar-refractivity contribution < 1.29 is 4.74 Å². The minimum Gasteiger partial charge on any atom is -0.474 e. The van der Waals surface area contributed by atoms with Gasteiger partial charge < -0.3 is 10.1 Å². The van der Waals surface area contributed by atoms with E-state index in [1.54, 1.807) is 11.3 Å². The SMILES string of the molecule is CCCNc1nc(OC(C)C)c2cc(C)sc2n1. The van der Waals surface area contributed by atoms with Crippen LogP contribution >= 0.6 is 11.3 Å². The maximum absolute atomic E-state index is 5.78. The van der Waals surface area contributed by atoms with E-state index >= 15 is 0 Å². The average molecular weight is 265 g/mol. The molecule has 0 saturated carbocycles. The Morgan fingerprint density at radius 3 is 2.83 bits per heavy atom. The molecule has 0 fully saturated rings. The van der Waals surface area contributed by atoms with Crippen LogP contribution in [0.25, 0.3) is 10.2 Å². The van der Waals surface area contributed by atoms with Gasteiger partial charge in [0.05, 0.1) is 11.5 Å². The Morgan fingerprint density at radius 2 is 2.17 bits per heavy atom. The molecule has 2 aromatic heterocycles. The summed E-state index contributed by atoms with van der Waals surface area (Å²) in [6.07, 6.45) is 1.16. The van der Waals surface area contributed by atoms with Crippen molar-refractivity contribution in [1.29, 1.82) is 0 Å². The Hall–Kier alpha value is -1.36. The largest absolute Gasteiger partial charge is 0.474 e. The number of rotatable bonds is 5. The molecule has 98 valence electrons. The molecule has 0 aromatic carbocycles. The number of aromatic nitrogens is 2. The lowest BCUT2D eigenvalue weighted by molar-refractivity contribution is 0.236. The van der Waals surface area contributed by atoms with Crippen molar-refractivity contribution >= 4 is 27.5 Å². The predicted molar refractivity (Wildman–Crippen MR) is 76.7 cm³/mol. The molecular weight excluding hydrogens is 246 g/mol. The number of fused-ring (bicyclic) bond motifs is 1. The number of ether oxygens (including phenoxy) is 1. The van der Waals surface area contributed by atoms with Gasteiger partial charge in [-0.15, -0.1) is 11.3 Å². The van der Waals surface area contributed by atoms with Gasteiger partial charge in [0.15, 0.2) is 0 Å². The van der Waals surface area contributed by atoms with Crippen LogP contribution in [-0.2, 0) is 0 Å². The maximum atomic E-state index is 5.78. The first kappa shape index (κ1) is 13.1. The molecule has 2 aromatic rings. The lowest BCUT2D eigenvalue weighted by Crippen LogP contribution is -2.10. The Balaban J connectivity index is 2.42. The van der Waals surface area contributed by atoms with Crippen LogP contribution in [0.1, 0.15) is 32.1 Å². The van der Waals surface area contributed by atoms with Gasteiger partial charge in [-0.3, -0.25) is 0 Å². The Kier molecular flexibility index (Phi) is 4.01. The van der Waals surface area contributed by atoms with E-state index in [1.165, 1.54) is 4.88 Å². The molecule has 0 radical (unpaired) electrons. The van der Waals surface area contributed by atoms with E-state index < -0.39 is 0 Å². The summed E-state index contributed by atoms with van der Waals surface area (Å²) in [5.74, 6) is 1.33. The van der Waals surface area contributed by atoms with E-state index in [4.69, 9.17) is 4.74 Å². The first-order valence-electron chi connectivity index (χ1n) is 6.29. The Labute approximate surface area is 111 Å². The van der Waals surface area contributed by atoms with Gasteiger partial charge in [-0.2, -0.15) is 4.98 Å². The van der Waals surface area contributed by atoms with Crippen molar-refractivity contribution in [2.75, 3.05) is 11.9 Å². The van der Waals surface area contributed by atoms with Crippen molar-refractivity contribution in [2.24, 2.45) is 0 Å². The van der Waals surface area contributed by atoms with E-state index in [2.05, 4.69) is 35.2 Å². The second-order valence-electron chi connectivity index (χ2n) is 4.52. The van der Waals surface area contributed by atoms with Crippen LogP contribution in [0.3, 0.4) is 0 Å². The summed E-state index contributed by atoms with van der Waals surface area (Å²) in [6.45, 7) is 9.08. The molecule has 2 heterocycles. The summed E-state index contributed by atoms with van der Waals surface area (Å²) in [5, 5.41) is 4.22. The normalized spacial score (nSPS) is 11.2. The second kappa shape index (κ2) is 5.52. The fourth-order valence-corrected chi connectivity index (χ4v) is 2.51. The molecule has 0 bridgehead atoms. The van der Waals surface area contributed by atoms with Crippen LogP contribution < -0.4 is 10.1 Å². The highest BCUT2D eigenvalue weighted by atomic mass is 32.1. The lowest BCUT2D eigenvalue weighted by atomic mass is 10.3. The average Bonchev–Trinajstić information content (AvgIpc) is 2.66. The molecule has 0 aliphatic carbocycles. The molecule has 0 aliphatic heterocycles. The van der Waals surface area contributed by atoms with Crippen LogP contribution in [0.4, 0.5) is 5.95 Å². The Morgan fingerprint density at radius 1 is 1.39 bits per heavy atom. The first-order chi connectivity index (χ1) is 8.60. The highest BCUT2D eigenvalue weighted by Gasteiger charge is 2.12. The van der Waals surface area contributed by atoms with Gasteiger partial charge in [-0.05, 0) is 33.3 Å². The number of thiophene rings is 1. The topological polar surface area (TPSA) is 47.0 Å². The number of anilines is 1. The molecule has 0 unspecified atom stereocenters. The van der Waals surface area contributed by atoms with Crippen molar-refractivity contribution in [3.8, 4) is 5.88 Å². The predicted octanol–water partition coefficient (Wildman–Crippen LogP) is 3.61. The van der Waals surface area contributed by atoms with E-state index in [0.717, 1.165) is 23.2 Å². The third-order valence-corrected chi connectivity index (χ3v) is 3.31. The van der Waals surface area contributed by atoms with Crippen molar-refractivity contribution in [1.82, 2.24) is 9.97 Å². The van der Waals surface area contributed by atoms with Crippen LogP contribution in [0.2, 0.25) is 0 Å². The molecule has 0 spiro atoms. The third kappa shape index (κ3) is 2.90. The molecule has 0 aliphatic rings. The molecular formula is C13H19N3OS. The molecule has 0 amide bonds. The van der Waals surface area contributed by atoms with Gasteiger partial charge in [-0.25, -0.2) is 4.98 Å². The molecule has 2 rings (SSSR count). The first-order valence-corrected chi connectivity index (χ1v) is 7.10.